The number of aromatic nitrogens is 4. The van der Waals surface area contributed by atoms with E-state index in [2.05, 4.69) is 63.9 Å². The highest BCUT2D eigenvalue weighted by atomic mass is 79.9. The van der Waals surface area contributed by atoms with Crippen LogP contribution in [0.2, 0.25) is 0 Å². The fourth-order valence-corrected chi connectivity index (χ4v) is 13.4. The Kier molecular flexibility index (Phi) is 13.8. The van der Waals surface area contributed by atoms with Crippen LogP contribution in [0.1, 0.15) is 72.1 Å². The summed E-state index contributed by atoms with van der Waals surface area (Å²) in [4.78, 5) is 68.7. The summed E-state index contributed by atoms with van der Waals surface area (Å²) in [6.07, 6.45) is 11.6. The van der Waals surface area contributed by atoms with Gasteiger partial charge in [-0.2, -0.15) is 10.1 Å². The van der Waals surface area contributed by atoms with Gasteiger partial charge in [-0.15, -0.1) is 0 Å². The molecule has 4 aromatic carbocycles. The molecule has 4 amide bonds. The van der Waals surface area contributed by atoms with Crippen LogP contribution in [0.25, 0.3) is 22.3 Å². The zero-order chi connectivity index (χ0) is 53.0. The summed E-state index contributed by atoms with van der Waals surface area (Å²) in [6, 6.07) is 22.0. The van der Waals surface area contributed by atoms with Gasteiger partial charge >= 0.3 is 0 Å². The average molecular weight is 1110 g/mol. The number of ether oxygens (including phenoxy) is 1. The number of piperidine rings is 4. The van der Waals surface area contributed by atoms with Crippen molar-refractivity contribution < 1.29 is 32.9 Å². The molecule has 0 aliphatic carbocycles. The maximum atomic E-state index is 15.8. The van der Waals surface area contributed by atoms with E-state index in [4.69, 9.17) is 9.72 Å². The van der Waals surface area contributed by atoms with E-state index >= 15 is 4.39 Å². The molecule has 17 nitrogen and oxygen atoms in total. The van der Waals surface area contributed by atoms with E-state index < -0.39 is 42.6 Å². The summed E-state index contributed by atoms with van der Waals surface area (Å²) in [7, 11) is 0.841. The molecule has 3 N–H and O–H groups in total. The number of nitrogens with zero attached hydrogens (tertiary/aromatic N) is 8. The van der Waals surface area contributed by atoms with Crippen molar-refractivity contribution in [2.24, 2.45) is 12.5 Å². The van der Waals surface area contributed by atoms with Gasteiger partial charge in [0.2, 0.25) is 17.8 Å². The molecule has 0 saturated carbocycles. The molecule has 76 heavy (non-hydrogen) atoms. The van der Waals surface area contributed by atoms with Crippen molar-refractivity contribution in [3.05, 3.63) is 113 Å². The Labute approximate surface area is 449 Å². The van der Waals surface area contributed by atoms with E-state index in [-0.39, 0.29) is 35.1 Å². The van der Waals surface area contributed by atoms with E-state index in [0.29, 0.717) is 57.8 Å². The van der Waals surface area contributed by atoms with Crippen molar-refractivity contribution in [1.29, 1.82) is 0 Å². The molecule has 5 aliphatic rings. The second kappa shape index (κ2) is 20.5. The predicted octanol–water partition coefficient (Wildman–Crippen LogP) is 8.94. The second-order valence-electron chi connectivity index (χ2n) is 21.1. The lowest BCUT2D eigenvalue weighted by molar-refractivity contribution is -0.136. The summed E-state index contributed by atoms with van der Waals surface area (Å²) in [6.45, 7) is 8.45. The number of benzene rings is 4. The SMILES string of the molecule is COc1cc(N2CCC3(CCCN(C4CCN(c5cc6c(cc5F)C(=O)N(C5CCC(=O)NC5=O)C6=O)CC4)C3)CC2)c(-c2cnn(C)c2)cc1Nc1ncc(Br)c(Nc2ccc(-c3ccccc3)cc2P(C)(C)=O)n1. The maximum absolute atomic E-state index is 15.8. The molecule has 0 bridgehead atoms. The summed E-state index contributed by atoms with van der Waals surface area (Å²) in [5.74, 6) is -1.62. The number of aryl methyl sites for hydroxylation is 1. The van der Waals surface area contributed by atoms with Crippen LogP contribution in [0.4, 0.5) is 38.9 Å². The van der Waals surface area contributed by atoms with E-state index in [1.165, 1.54) is 6.07 Å². The van der Waals surface area contributed by atoms with Gasteiger partial charge in [0.15, 0.2) is 0 Å². The normalized spacial score (nSPS) is 19.3. The Morgan fingerprint density at radius 1 is 0.789 bits per heavy atom. The van der Waals surface area contributed by atoms with E-state index in [0.717, 1.165) is 104 Å². The van der Waals surface area contributed by atoms with Gasteiger partial charge in [-0.25, -0.2) is 9.37 Å². The lowest BCUT2D eigenvalue weighted by Crippen LogP contribution is -2.54. The van der Waals surface area contributed by atoms with Crippen LogP contribution in [0, 0.1) is 11.2 Å². The number of halogens is 2. The number of hydrogen-bond donors (Lipinski definition) is 3. The Morgan fingerprint density at radius 3 is 2.22 bits per heavy atom. The molecular weight excluding hydrogens is 1050 g/mol. The number of fused-ring (bicyclic) bond motifs is 1. The quantitative estimate of drug-likeness (QED) is 0.0779. The molecule has 1 spiro atoms. The molecular formula is C56H60BrFN11O6P. The standard InChI is InChI=1S/C56H60BrFN11O6P/c1-65-32-36(30-60-65)38-27-44(62-55-59-31-41(57)51(64-55)61-43-12-11-35(25-49(43)76(3,4)74)34-9-6-5-7-10-34)48(75-2)29-46(38)67-23-18-56(19-24-67)17-8-20-68(33-56)37-15-21-66(22-16-37)47-28-40-39(26-42(47)58)53(72)69(54(40)73)45-13-14-50(70)63-52(45)71/h5-7,9-12,25-32,37,45H,8,13-24,33H2,1-4H3,(H,63,70,71)(H2,59,61,62,64). The minimum atomic E-state index is -2.73. The zero-order valence-electron chi connectivity index (χ0n) is 42.9. The molecule has 0 radical (unpaired) electrons. The van der Waals surface area contributed by atoms with Crippen LogP contribution in [-0.2, 0) is 21.2 Å². The molecule has 20 heteroatoms. The van der Waals surface area contributed by atoms with Crippen molar-refractivity contribution >= 4 is 86.5 Å². The van der Waals surface area contributed by atoms with Crippen molar-refractivity contribution in [2.45, 2.75) is 63.5 Å². The van der Waals surface area contributed by atoms with Crippen molar-refractivity contribution in [3.63, 3.8) is 0 Å². The first-order valence-electron chi connectivity index (χ1n) is 25.9. The molecule has 7 heterocycles. The number of anilines is 6. The molecule has 5 aliphatic heterocycles. The first kappa shape index (κ1) is 51.2. The van der Waals surface area contributed by atoms with Gasteiger partial charge < -0.3 is 29.7 Å². The van der Waals surface area contributed by atoms with E-state index in [9.17, 15) is 23.7 Å². The molecule has 394 valence electrons. The number of imide groups is 2. The van der Waals surface area contributed by atoms with E-state index in [1.807, 2.05) is 72.9 Å². The minimum absolute atomic E-state index is 0.0126. The maximum Gasteiger partial charge on any atom is 0.262 e. The van der Waals surface area contributed by atoms with Gasteiger partial charge in [0.25, 0.3) is 11.8 Å². The third-order valence-corrected chi connectivity index (χ3v) is 18.1. The highest BCUT2D eigenvalue weighted by molar-refractivity contribution is 9.10. The monoisotopic (exact) mass is 1110 g/mol. The van der Waals surface area contributed by atoms with Gasteiger partial charge in [-0.05, 0) is 128 Å². The summed E-state index contributed by atoms with van der Waals surface area (Å²) in [5, 5.41) is 14.3. The molecule has 4 fully saturated rings. The summed E-state index contributed by atoms with van der Waals surface area (Å²) >= 11 is 3.64. The molecule has 4 saturated heterocycles. The molecule has 1 unspecified atom stereocenters. The number of amides is 4. The van der Waals surface area contributed by atoms with Crippen LogP contribution in [0.5, 0.6) is 5.75 Å². The number of nitrogens with one attached hydrogen (secondary N) is 3. The average Bonchev–Trinajstić information content (AvgIpc) is 3.95. The highest BCUT2D eigenvalue weighted by Crippen LogP contribution is 2.47. The smallest absolute Gasteiger partial charge is 0.262 e. The number of rotatable bonds is 12. The van der Waals surface area contributed by atoms with Crippen LogP contribution < -0.4 is 35.8 Å². The van der Waals surface area contributed by atoms with Gasteiger partial charge in [-0.1, -0.05) is 36.4 Å². The lowest BCUT2D eigenvalue weighted by Gasteiger charge is -2.51. The van der Waals surface area contributed by atoms with Gasteiger partial charge in [0, 0.05) is 92.8 Å². The molecule has 2 aromatic heterocycles. The molecule has 11 rings (SSSR count). The largest absolute Gasteiger partial charge is 0.494 e. The molecule has 1 atom stereocenters. The Hall–Kier alpha value is -6.95. The summed E-state index contributed by atoms with van der Waals surface area (Å²) < 4.78 is 38.0. The van der Waals surface area contributed by atoms with Gasteiger partial charge in [-0.3, -0.25) is 39.0 Å². The van der Waals surface area contributed by atoms with Crippen LogP contribution >= 0.6 is 23.1 Å². The minimum Gasteiger partial charge on any atom is -0.494 e. The third-order valence-electron chi connectivity index (χ3n) is 15.9. The topological polar surface area (TPSA) is 187 Å². The Morgan fingerprint density at radius 2 is 1.53 bits per heavy atom. The van der Waals surface area contributed by atoms with Crippen molar-refractivity contribution in [3.8, 4) is 28.0 Å². The first-order chi connectivity index (χ1) is 36.5. The molecule has 6 aromatic rings. The fourth-order valence-electron chi connectivity index (χ4n) is 11.9. The predicted molar refractivity (Wildman–Crippen MR) is 295 cm³/mol. The van der Waals surface area contributed by atoms with Crippen molar-refractivity contribution in [1.82, 2.24) is 34.9 Å². The van der Waals surface area contributed by atoms with Gasteiger partial charge in [0.05, 0.1) is 46.0 Å². The Balaban J connectivity index is 0.766. The fraction of sp³-hybridized carbons (Fsp3) is 0.375. The van der Waals surface area contributed by atoms with Crippen LogP contribution in [0.15, 0.2) is 95.9 Å². The van der Waals surface area contributed by atoms with Gasteiger partial charge in [0.1, 0.15) is 30.6 Å². The highest BCUT2D eigenvalue weighted by Gasteiger charge is 2.46. The van der Waals surface area contributed by atoms with Crippen LogP contribution in [0.3, 0.4) is 0 Å². The van der Waals surface area contributed by atoms with Crippen LogP contribution in [-0.4, -0.2) is 125 Å². The number of likely N-dealkylation sites (tertiary alicyclic amines) is 1. The zero-order valence-corrected chi connectivity index (χ0v) is 45.4. The lowest BCUT2D eigenvalue weighted by atomic mass is 9.71. The Bertz CT molecular complexity index is 3340. The number of carbonyl (C=O) groups is 4. The first-order valence-corrected chi connectivity index (χ1v) is 29.3. The number of hydrogen-bond acceptors (Lipinski definition) is 14. The van der Waals surface area contributed by atoms with Crippen molar-refractivity contribution in [2.75, 3.05) is 80.1 Å². The number of methoxy groups -OCH3 is 1. The van der Waals surface area contributed by atoms with E-state index in [1.54, 1.807) is 31.3 Å². The summed E-state index contributed by atoms with van der Waals surface area (Å²) in [5.41, 5.74) is 6.85. The third kappa shape index (κ3) is 10.00. The second-order valence-corrected chi connectivity index (χ2v) is 25.2. The number of carbonyl (C=O) groups excluding carboxylic acids is 4.